The molecule has 0 aliphatic rings. The molecule has 0 saturated heterocycles. The van der Waals surface area contributed by atoms with E-state index >= 15 is 0 Å². The van der Waals surface area contributed by atoms with Crippen molar-refractivity contribution in [2.24, 2.45) is 0 Å². The van der Waals surface area contributed by atoms with Gasteiger partial charge in [-0.25, -0.2) is 0 Å². The Labute approximate surface area is 172 Å². The van der Waals surface area contributed by atoms with Gasteiger partial charge in [0.2, 0.25) is 0 Å². The molecular formula is C6H32O10Zr3. The Morgan fingerprint density at radius 3 is 0.263 bits per heavy atom. The molecule has 0 amide bonds. The maximum absolute atomic E-state index is 7.00. The SMILES string of the molecule is CO.CO.CO.CO.CO.CO.O.O.O.O.[Zr].[Zr].[Zr]. The summed E-state index contributed by atoms with van der Waals surface area (Å²) in [6.45, 7) is 0. The third kappa shape index (κ3) is 1330. The molecule has 0 aliphatic carbocycles. The van der Waals surface area contributed by atoms with E-state index in [-0.39, 0.29) is 101 Å². The van der Waals surface area contributed by atoms with Gasteiger partial charge in [-0.05, 0) is 0 Å². The van der Waals surface area contributed by atoms with Crippen molar-refractivity contribution in [2.75, 3.05) is 42.7 Å². The molecule has 0 heterocycles. The fraction of sp³-hybridized carbons (Fsp3) is 1.00. The van der Waals surface area contributed by atoms with Crippen LogP contribution < -0.4 is 0 Å². The summed E-state index contributed by atoms with van der Waals surface area (Å²) in [7, 11) is 6.00. The second-order valence-electron chi connectivity index (χ2n) is 0. The van der Waals surface area contributed by atoms with E-state index in [0.29, 0.717) is 0 Å². The van der Waals surface area contributed by atoms with E-state index in [0.717, 1.165) is 42.7 Å². The minimum absolute atomic E-state index is 0. The normalized spacial score (nSPS) is 1.89. The summed E-state index contributed by atoms with van der Waals surface area (Å²) in [5.74, 6) is 0. The van der Waals surface area contributed by atoms with Gasteiger partial charge >= 0.3 is 0 Å². The monoisotopic (exact) mass is 534 g/mol. The van der Waals surface area contributed by atoms with Crippen LogP contribution in [0.4, 0.5) is 0 Å². The van der Waals surface area contributed by atoms with Crippen LogP contribution in [0.2, 0.25) is 0 Å². The van der Waals surface area contributed by atoms with Gasteiger partial charge in [-0.1, -0.05) is 0 Å². The first kappa shape index (κ1) is 128. The molecule has 0 bridgehead atoms. The molecule has 0 aromatic heterocycles. The first-order chi connectivity index (χ1) is 6.00. The van der Waals surface area contributed by atoms with Crippen molar-refractivity contribution in [3.8, 4) is 0 Å². The summed E-state index contributed by atoms with van der Waals surface area (Å²) in [5, 5.41) is 42.0. The van der Waals surface area contributed by atoms with Crippen molar-refractivity contribution >= 4 is 0 Å². The molecule has 0 saturated carbocycles. The molecule has 0 fully saturated rings. The first-order valence-electron chi connectivity index (χ1n) is 2.68. The van der Waals surface area contributed by atoms with Crippen molar-refractivity contribution in [3.05, 3.63) is 0 Å². The van der Waals surface area contributed by atoms with Crippen LogP contribution in [-0.2, 0) is 78.6 Å². The minimum Gasteiger partial charge on any atom is -0.412 e. The van der Waals surface area contributed by atoms with Gasteiger partial charge in [-0.3, -0.25) is 0 Å². The molecule has 0 aromatic rings. The van der Waals surface area contributed by atoms with Gasteiger partial charge in [0.25, 0.3) is 0 Å². The van der Waals surface area contributed by atoms with Crippen molar-refractivity contribution in [1.82, 2.24) is 0 Å². The minimum atomic E-state index is 0. The Hall–Kier alpha value is 2.25. The van der Waals surface area contributed by atoms with Gasteiger partial charge in [0, 0.05) is 121 Å². The third-order valence-electron chi connectivity index (χ3n) is 0. The Morgan fingerprint density at radius 1 is 0.263 bits per heavy atom. The first-order valence-corrected chi connectivity index (χ1v) is 2.68. The zero-order valence-corrected chi connectivity index (χ0v) is 19.6. The molecule has 0 rings (SSSR count). The van der Waals surface area contributed by atoms with Crippen LogP contribution in [0.3, 0.4) is 0 Å². The molecule has 0 radical (unpaired) electrons. The maximum atomic E-state index is 7.00. The van der Waals surface area contributed by atoms with Crippen molar-refractivity contribution in [3.63, 3.8) is 0 Å². The smallest absolute Gasteiger partial charge is 0.0319 e. The van der Waals surface area contributed by atoms with E-state index in [2.05, 4.69) is 0 Å². The van der Waals surface area contributed by atoms with Gasteiger partial charge in [0.1, 0.15) is 0 Å². The largest absolute Gasteiger partial charge is 0.412 e. The third-order valence-corrected chi connectivity index (χ3v) is 0. The van der Waals surface area contributed by atoms with Crippen molar-refractivity contribution < 1.29 is 131 Å². The van der Waals surface area contributed by atoms with E-state index in [1.807, 2.05) is 0 Å². The van der Waals surface area contributed by atoms with Crippen LogP contribution >= 0.6 is 0 Å². The number of hydrogen-bond acceptors (Lipinski definition) is 6. The van der Waals surface area contributed by atoms with E-state index in [4.69, 9.17) is 30.6 Å². The Morgan fingerprint density at radius 2 is 0.263 bits per heavy atom. The predicted octanol–water partition coefficient (Wildman–Crippen LogP) is -5.66. The Bertz CT molecular complexity index is 27.2. The molecule has 14 N–H and O–H groups in total. The van der Waals surface area contributed by atoms with Crippen LogP contribution in [0.5, 0.6) is 0 Å². The van der Waals surface area contributed by atoms with E-state index < -0.39 is 0 Å². The number of hydrogen-bond donors (Lipinski definition) is 6. The van der Waals surface area contributed by atoms with Crippen molar-refractivity contribution in [2.45, 2.75) is 0 Å². The van der Waals surface area contributed by atoms with Crippen LogP contribution in [0.15, 0.2) is 0 Å². The predicted molar refractivity (Wildman–Crippen MR) is 63.3 cm³/mol. The quantitative estimate of drug-likeness (QED) is 0.175. The molecule has 10 nitrogen and oxygen atoms in total. The molecule has 0 aliphatic heterocycles. The zero-order valence-electron chi connectivity index (χ0n) is 12.2. The Balaban J connectivity index is -0.00000000193. The maximum Gasteiger partial charge on any atom is 0.0319 e. The number of aliphatic hydroxyl groups excluding tert-OH is 6. The molecule has 0 atom stereocenters. The summed E-state index contributed by atoms with van der Waals surface area (Å²) in [4.78, 5) is 0. The van der Waals surface area contributed by atoms with E-state index in [1.54, 1.807) is 0 Å². The van der Waals surface area contributed by atoms with Crippen LogP contribution in [0, 0.1) is 0 Å². The molecular weight excluding hydrogens is 506 g/mol. The second kappa shape index (κ2) is 1480. The summed E-state index contributed by atoms with van der Waals surface area (Å²) >= 11 is 0. The number of aliphatic hydroxyl groups is 6. The fourth-order valence-electron chi connectivity index (χ4n) is 0. The summed E-state index contributed by atoms with van der Waals surface area (Å²) in [6.07, 6.45) is 0. The topological polar surface area (TPSA) is 247 Å². The average molecular weight is 538 g/mol. The fourth-order valence-corrected chi connectivity index (χ4v) is 0. The summed E-state index contributed by atoms with van der Waals surface area (Å²) in [6, 6.07) is 0. The van der Waals surface area contributed by atoms with Crippen LogP contribution in [0.25, 0.3) is 0 Å². The van der Waals surface area contributed by atoms with Gasteiger partial charge in [-0.15, -0.1) is 0 Å². The second-order valence-corrected chi connectivity index (χ2v) is 0. The average Bonchev–Trinajstić information content (AvgIpc) is 2.33. The molecule has 128 valence electrons. The molecule has 13 heteroatoms. The molecule has 0 aromatic carbocycles. The standard InChI is InChI=1S/6CH4O.4H2O.3Zr/c6*1-2;;;;;;;/h6*2H,1H3;4*1H2;;;. The summed E-state index contributed by atoms with van der Waals surface area (Å²) < 4.78 is 0. The van der Waals surface area contributed by atoms with Gasteiger partial charge < -0.3 is 52.5 Å². The van der Waals surface area contributed by atoms with Gasteiger partial charge in [0.05, 0.1) is 0 Å². The zero-order chi connectivity index (χ0) is 12.0. The Kier molecular flexibility index (Phi) is 9990. The molecule has 0 spiro atoms. The van der Waals surface area contributed by atoms with Gasteiger partial charge in [-0.2, -0.15) is 0 Å². The molecule has 19 heavy (non-hydrogen) atoms. The van der Waals surface area contributed by atoms with E-state index in [1.165, 1.54) is 0 Å². The van der Waals surface area contributed by atoms with E-state index in [9.17, 15) is 0 Å². The van der Waals surface area contributed by atoms with Crippen molar-refractivity contribution in [1.29, 1.82) is 0 Å². The summed E-state index contributed by atoms with van der Waals surface area (Å²) in [5.41, 5.74) is 0. The molecule has 0 unspecified atom stereocenters. The van der Waals surface area contributed by atoms with Gasteiger partial charge in [0.15, 0.2) is 0 Å². The number of rotatable bonds is 0. The van der Waals surface area contributed by atoms with Crippen LogP contribution in [-0.4, -0.2) is 95.2 Å². The van der Waals surface area contributed by atoms with Crippen LogP contribution in [0.1, 0.15) is 0 Å².